The van der Waals surface area contributed by atoms with E-state index >= 15 is 0 Å². The van der Waals surface area contributed by atoms with Crippen LogP contribution in [0, 0.1) is 5.92 Å². The number of nitrogens with one attached hydrogen (secondary N) is 1. The Morgan fingerprint density at radius 2 is 2.00 bits per heavy atom. The summed E-state index contributed by atoms with van der Waals surface area (Å²) in [6.07, 6.45) is 1.95. The first-order valence-corrected chi connectivity index (χ1v) is 10.0. The summed E-state index contributed by atoms with van der Waals surface area (Å²) in [6.45, 7) is 1.24. The zero-order chi connectivity index (χ0) is 19.3. The molecule has 1 atom stereocenters. The van der Waals surface area contributed by atoms with Gasteiger partial charge in [-0.15, -0.1) is 11.3 Å². The summed E-state index contributed by atoms with van der Waals surface area (Å²) < 4.78 is 0. The molecule has 3 heterocycles. The number of benzene rings is 1. The van der Waals surface area contributed by atoms with Gasteiger partial charge in [0.25, 0.3) is 0 Å². The lowest BCUT2D eigenvalue weighted by atomic mass is 10.1. The molecule has 0 aliphatic carbocycles. The fourth-order valence-electron chi connectivity index (χ4n) is 3.23. The van der Waals surface area contributed by atoms with Crippen LogP contribution in [0.3, 0.4) is 0 Å². The molecule has 1 aliphatic heterocycles. The Morgan fingerprint density at radius 1 is 1.18 bits per heavy atom. The molecule has 1 fully saturated rings. The second-order valence-electron chi connectivity index (χ2n) is 6.71. The van der Waals surface area contributed by atoms with Gasteiger partial charge in [-0.1, -0.05) is 36.4 Å². The lowest BCUT2D eigenvalue weighted by molar-refractivity contribution is -0.129. The van der Waals surface area contributed by atoms with Gasteiger partial charge < -0.3 is 10.2 Å². The minimum Gasteiger partial charge on any atom is -0.349 e. The average Bonchev–Trinajstić information content (AvgIpc) is 3.35. The number of aromatic nitrogens is 2. The summed E-state index contributed by atoms with van der Waals surface area (Å²) in [5.41, 5.74) is 2.79. The maximum Gasteiger partial charge on any atom is 0.225 e. The first-order chi connectivity index (χ1) is 13.7. The van der Waals surface area contributed by atoms with Gasteiger partial charge in [0.1, 0.15) is 5.01 Å². The Hall–Kier alpha value is -3.06. The van der Waals surface area contributed by atoms with Crippen LogP contribution < -0.4 is 5.32 Å². The first kappa shape index (κ1) is 18.3. The molecular weight excluding hydrogens is 372 g/mol. The second-order valence-corrected chi connectivity index (χ2v) is 7.65. The number of hydrogen-bond donors (Lipinski definition) is 1. The van der Waals surface area contributed by atoms with Crippen LogP contribution in [-0.4, -0.2) is 33.2 Å². The third-order valence-corrected chi connectivity index (χ3v) is 5.55. The maximum atomic E-state index is 12.5. The van der Waals surface area contributed by atoms with Gasteiger partial charge in [0.05, 0.1) is 30.4 Å². The van der Waals surface area contributed by atoms with Crippen LogP contribution in [0.15, 0.2) is 60.1 Å². The van der Waals surface area contributed by atoms with Crippen LogP contribution in [0.5, 0.6) is 0 Å². The van der Waals surface area contributed by atoms with Crippen LogP contribution in [0.1, 0.15) is 17.1 Å². The van der Waals surface area contributed by atoms with Crippen molar-refractivity contribution in [1.82, 2.24) is 20.2 Å². The smallest absolute Gasteiger partial charge is 0.225 e. The SMILES string of the molecule is O=C(NCc1nc(-c2ccccc2)cs1)C1CC(=O)N(Cc2ccccn2)C1. The molecule has 1 aliphatic rings. The molecule has 1 unspecified atom stereocenters. The van der Waals surface area contributed by atoms with E-state index in [0.29, 0.717) is 19.6 Å². The highest BCUT2D eigenvalue weighted by atomic mass is 32.1. The lowest BCUT2D eigenvalue weighted by Gasteiger charge is -2.15. The number of rotatable bonds is 6. The van der Waals surface area contributed by atoms with Gasteiger partial charge in [-0.2, -0.15) is 0 Å². The molecule has 6 nitrogen and oxygen atoms in total. The van der Waals surface area contributed by atoms with Crippen molar-refractivity contribution in [3.63, 3.8) is 0 Å². The van der Waals surface area contributed by atoms with E-state index in [4.69, 9.17) is 0 Å². The van der Waals surface area contributed by atoms with Gasteiger partial charge in [0, 0.05) is 30.1 Å². The van der Waals surface area contributed by atoms with Crippen LogP contribution in [0.4, 0.5) is 0 Å². The van der Waals surface area contributed by atoms with E-state index in [1.807, 2.05) is 53.9 Å². The Bertz CT molecular complexity index is 959. The third-order valence-electron chi connectivity index (χ3n) is 4.70. The monoisotopic (exact) mass is 392 g/mol. The summed E-state index contributed by atoms with van der Waals surface area (Å²) in [7, 11) is 0. The van der Waals surface area contributed by atoms with Crippen molar-refractivity contribution in [2.45, 2.75) is 19.5 Å². The molecule has 1 N–H and O–H groups in total. The number of carbonyl (C=O) groups is 2. The van der Waals surface area contributed by atoms with Crippen molar-refractivity contribution >= 4 is 23.2 Å². The summed E-state index contributed by atoms with van der Waals surface area (Å²) in [4.78, 5) is 35.3. The molecule has 4 rings (SSSR count). The number of amides is 2. The third kappa shape index (κ3) is 4.26. The minimum atomic E-state index is -0.329. The molecular formula is C21H20N4O2S. The van der Waals surface area contributed by atoms with Crippen molar-refractivity contribution < 1.29 is 9.59 Å². The largest absolute Gasteiger partial charge is 0.349 e. The highest BCUT2D eigenvalue weighted by Gasteiger charge is 2.34. The predicted octanol–water partition coefficient (Wildman–Crippen LogP) is 2.87. The summed E-state index contributed by atoms with van der Waals surface area (Å²) >= 11 is 1.52. The zero-order valence-electron chi connectivity index (χ0n) is 15.2. The topological polar surface area (TPSA) is 75.2 Å². The van der Waals surface area contributed by atoms with Crippen molar-refractivity contribution in [2.24, 2.45) is 5.92 Å². The first-order valence-electron chi connectivity index (χ1n) is 9.14. The van der Waals surface area contributed by atoms with Crippen LogP contribution >= 0.6 is 11.3 Å². The van der Waals surface area contributed by atoms with E-state index in [1.54, 1.807) is 11.1 Å². The lowest BCUT2D eigenvalue weighted by Crippen LogP contribution is -2.32. The number of likely N-dealkylation sites (tertiary alicyclic amines) is 1. The van der Waals surface area contributed by atoms with Gasteiger partial charge in [0.15, 0.2) is 0 Å². The second kappa shape index (κ2) is 8.31. The van der Waals surface area contributed by atoms with Crippen LogP contribution in [-0.2, 0) is 22.7 Å². The number of hydrogen-bond acceptors (Lipinski definition) is 5. The van der Waals surface area contributed by atoms with Gasteiger partial charge >= 0.3 is 0 Å². The van der Waals surface area contributed by atoms with Crippen LogP contribution in [0.2, 0.25) is 0 Å². The Morgan fingerprint density at radius 3 is 2.79 bits per heavy atom. The maximum absolute atomic E-state index is 12.5. The number of thiazole rings is 1. The predicted molar refractivity (Wildman–Crippen MR) is 107 cm³/mol. The number of nitrogens with zero attached hydrogens (tertiary/aromatic N) is 3. The Kier molecular flexibility index (Phi) is 5.43. The number of pyridine rings is 1. The minimum absolute atomic E-state index is 0.00795. The van der Waals surface area contributed by atoms with Crippen LogP contribution in [0.25, 0.3) is 11.3 Å². The van der Waals surface area contributed by atoms with Crippen molar-refractivity contribution in [3.8, 4) is 11.3 Å². The van der Waals surface area contributed by atoms with E-state index in [9.17, 15) is 9.59 Å². The summed E-state index contributed by atoms with van der Waals surface area (Å²) in [5.74, 6) is -0.440. The summed E-state index contributed by atoms with van der Waals surface area (Å²) in [6, 6.07) is 15.6. The Balaban J connectivity index is 1.31. The van der Waals surface area contributed by atoms with Crippen molar-refractivity contribution in [1.29, 1.82) is 0 Å². The normalized spacial score (nSPS) is 16.4. The highest BCUT2D eigenvalue weighted by molar-refractivity contribution is 7.09. The van der Waals surface area contributed by atoms with Crippen molar-refractivity contribution in [2.75, 3.05) is 6.54 Å². The van der Waals surface area contributed by atoms with Gasteiger partial charge in [-0.25, -0.2) is 4.98 Å². The molecule has 3 aromatic rings. The fourth-order valence-corrected chi connectivity index (χ4v) is 3.97. The average molecular weight is 392 g/mol. The highest BCUT2D eigenvalue weighted by Crippen LogP contribution is 2.22. The van der Waals surface area contributed by atoms with Crippen molar-refractivity contribution in [3.05, 3.63) is 70.8 Å². The standard InChI is InChI=1S/C21H20N4O2S/c26-20-10-16(12-25(20)13-17-8-4-5-9-22-17)21(27)23-11-19-24-18(14-28-19)15-6-2-1-3-7-15/h1-9,14,16H,10-13H2,(H,23,27). The fraction of sp³-hybridized carbons (Fsp3) is 0.238. The van der Waals surface area contributed by atoms with E-state index in [-0.39, 0.29) is 24.2 Å². The van der Waals surface area contributed by atoms with E-state index in [1.165, 1.54) is 11.3 Å². The molecule has 0 bridgehead atoms. The molecule has 2 aromatic heterocycles. The Labute approximate surface area is 167 Å². The van der Waals surface area contributed by atoms with E-state index in [2.05, 4.69) is 15.3 Å². The van der Waals surface area contributed by atoms with Gasteiger partial charge in [-0.05, 0) is 12.1 Å². The quantitative estimate of drug-likeness (QED) is 0.700. The van der Waals surface area contributed by atoms with E-state index < -0.39 is 0 Å². The summed E-state index contributed by atoms with van der Waals surface area (Å²) in [5, 5.41) is 5.76. The molecule has 28 heavy (non-hydrogen) atoms. The molecule has 0 saturated carbocycles. The molecule has 1 aromatic carbocycles. The molecule has 1 saturated heterocycles. The van der Waals surface area contributed by atoms with E-state index in [0.717, 1.165) is 22.0 Å². The molecule has 2 amide bonds. The molecule has 0 radical (unpaired) electrons. The molecule has 142 valence electrons. The van der Waals surface area contributed by atoms with Gasteiger partial charge in [-0.3, -0.25) is 14.6 Å². The van der Waals surface area contributed by atoms with Gasteiger partial charge in [0.2, 0.25) is 11.8 Å². The molecule has 7 heteroatoms. The number of carbonyl (C=O) groups excluding carboxylic acids is 2. The molecule has 0 spiro atoms. The zero-order valence-corrected chi connectivity index (χ0v) is 16.1.